The second kappa shape index (κ2) is 4.86. The van der Waals surface area contributed by atoms with Crippen molar-refractivity contribution in [1.29, 1.82) is 0 Å². The van der Waals surface area contributed by atoms with Crippen LogP contribution in [0.25, 0.3) is 0 Å². The number of hydrogen-bond acceptors (Lipinski definition) is 3. The molecule has 1 aliphatic carbocycles. The molecule has 0 unspecified atom stereocenters. The van der Waals surface area contributed by atoms with Crippen LogP contribution in [0, 0.1) is 0 Å². The van der Waals surface area contributed by atoms with E-state index in [0.717, 1.165) is 24.8 Å². The number of nitrogens with one attached hydrogen (secondary N) is 1. The molecular formula is C15H16ClNO3. The molecule has 0 aromatic heterocycles. The van der Waals surface area contributed by atoms with Crippen LogP contribution in [0.4, 0.5) is 5.69 Å². The number of benzene rings is 1. The van der Waals surface area contributed by atoms with Crippen molar-refractivity contribution in [2.75, 3.05) is 12.4 Å². The minimum absolute atomic E-state index is 0.0151. The summed E-state index contributed by atoms with van der Waals surface area (Å²) in [6.07, 6.45) is 3.58. The van der Waals surface area contributed by atoms with Gasteiger partial charge in [-0.1, -0.05) is 11.6 Å². The molecule has 1 fully saturated rings. The van der Waals surface area contributed by atoms with Gasteiger partial charge in [0.25, 0.3) is 0 Å². The van der Waals surface area contributed by atoms with Gasteiger partial charge in [0.2, 0.25) is 5.91 Å². The summed E-state index contributed by atoms with van der Waals surface area (Å²) in [5.74, 6) is -0.0771. The standard InChI is InChI=1S/C15H16ClNO3/c1-20-15(3-2-4-15)8-13(18)10-5-9-6-14(19)17-12(9)7-11(10)16/h5,7H,2-4,6,8H2,1H3,(H,17,19). The number of hydrogen-bond donors (Lipinski definition) is 1. The SMILES string of the molecule is COC1(CC(=O)c2cc3c(cc2Cl)NC(=O)C3)CCC1. The van der Waals surface area contributed by atoms with E-state index in [1.165, 1.54) is 0 Å². The van der Waals surface area contributed by atoms with Gasteiger partial charge in [0.1, 0.15) is 0 Å². The van der Waals surface area contributed by atoms with Gasteiger partial charge in [-0.15, -0.1) is 0 Å². The number of fused-ring (bicyclic) bond motifs is 1. The van der Waals surface area contributed by atoms with Gasteiger partial charge in [0.15, 0.2) is 5.78 Å². The second-order valence-electron chi connectivity index (χ2n) is 5.55. The van der Waals surface area contributed by atoms with Crippen LogP contribution in [-0.4, -0.2) is 24.4 Å². The van der Waals surface area contributed by atoms with Crippen LogP contribution in [0.5, 0.6) is 0 Å². The molecule has 4 nitrogen and oxygen atoms in total. The first kappa shape index (κ1) is 13.6. The van der Waals surface area contributed by atoms with Crippen LogP contribution in [0.15, 0.2) is 12.1 Å². The maximum absolute atomic E-state index is 12.4. The van der Waals surface area contributed by atoms with E-state index in [-0.39, 0.29) is 17.3 Å². The lowest BCUT2D eigenvalue weighted by Crippen LogP contribution is -2.41. The molecule has 0 radical (unpaired) electrons. The van der Waals surface area contributed by atoms with E-state index in [1.54, 1.807) is 19.2 Å². The summed E-state index contributed by atoms with van der Waals surface area (Å²) < 4.78 is 5.49. The van der Waals surface area contributed by atoms with Crippen LogP contribution in [0.2, 0.25) is 5.02 Å². The minimum Gasteiger partial charge on any atom is -0.378 e. The average molecular weight is 294 g/mol. The molecule has 0 spiro atoms. The molecule has 106 valence electrons. The summed E-state index contributed by atoms with van der Waals surface area (Å²) in [5, 5.41) is 3.12. The predicted molar refractivity (Wildman–Crippen MR) is 76.3 cm³/mol. The molecule has 0 saturated heterocycles. The molecule has 20 heavy (non-hydrogen) atoms. The second-order valence-corrected chi connectivity index (χ2v) is 5.96. The van der Waals surface area contributed by atoms with Crippen molar-refractivity contribution >= 4 is 29.0 Å². The highest BCUT2D eigenvalue weighted by atomic mass is 35.5. The summed E-state index contributed by atoms with van der Waals surface area (Å²) >= 11 is 6.17. The maximum Gasteiger partial charge on any atom is 0.228 e. The van der Waals surface area contributed by atoms with Crippen molar-refractivity contribution in [3.8, 4) is 0 Å². The molecule has 5 heteroatoms. The number of ketones is 1. The van der Waals surface area contributed by atoms with Crippen LogP contribution in [-0.2, 0) is 16.0 Å². The number of methoxy groups -OCH3 is 1. The molecule has 1 saturated carbocycles. The first-order valence-corrected chi connectivity index (χ1v) is 7.11. The Labute approximate surface area is 122 Å². The maximum atomic E-state index is 12.4. The van der Waals surface area contributed by atoms with Gasteiger partial charge in [-0.3, -0.25) is 9.59 Å². The number of halogens is 1. The average Bonchev–Trinajstić information content (AvgIpc) is 2.71. The Morgan fingerprint density at radius 2 is 2.20 bits per heavy atom. The zero-order valence-electron chi connectivity index (χ0n) is 11.3. The van der Waals surface area contributed by atoms with Crippen molar-refractivity contribution in [1.82, 2.24) is 0 Å². The summed E-state index contributed by atoms with van der Waals surface area (Å²) in [6, 6.07) is 3.40. The van der Waals surface area contributed by atoms with Crippen molar-refractivity contribution in [3.05, 3.63) is 28.3 Å². The number of carbonyl (C=O) groups is 2. The van der Waals surface area contributed by atoms with E-state index in [2.05, 4.69) is 5.32 Å². The first-order valence-electron chi connectivity index (χ1n) is 6.74. The molecule has 1 aliphatic heterocycles. The Balaban J connectivity index is 1.85. The highest BCUT2D eigenvalue weighted by molar-refractivity contribution is 6.34. The van der Waals surface area contributed by atoms with Crippen LogP contribution in [0.1, 0.15) is 41.6 Å². The predicted octanol–water partition coefficient (Wildman–Crippen LogP) is 2.98. The van der Waals surface area contributed by atoms with Crippen molar-refractivity contribution in [3.63, 3.8) is 0 Å². The number of rotatable bonds is 4. The summed E-state index contributed by atoms with van der Waals surface area (Å²) in [6.45, 7) is 0. The van der Waals surface area contributed by atoms with E-state index < -0.39 is 0 Å². The fraction of sp³-hybridized carbons (Fsp3) is 0.467. The molecule has 1 aromatic rings. The Morgan fingerprint density at radius 1 is 1.45 bits per heavy atom. The van der Waals surface area contributed by atoms with Gasteiger partial charge in [0.05, 0.1) is 17.0 Å². The van der Waals surface area contributed by atoms with E-state index >= 15 is 0 Å². The molecule has 1 N–H and O–H groups in total. The van der Waals surface area contributed by atoms with Crippen LogP contribution < -0.4 is 5.32 Å². The van der Waals surface area contributed by atoms with E-state index in [1.807, 2.05) is 0 Å². The fourth-order valence-electron chi connectivity index (χ4n) is 2.87. The third-order valence-electron chi connectivity index (χ3n) is 4.30. The third kappa shape index (κ3) is 2.23. The molecule has 0 atom stereocenters. The zero-order valence-corrected chi connectivity index (χ0v) is 12.0. The first-order chi connectivity index (χ1) is 9.53. The normalized spacial score (nSPS) is 19.2. The summed E-state index contributed by atoms with van der Waals surface area (Å²) in [4.78, 5) is 23.8. The van der Waals surface area contributed by atoms with Gasteiger partial charge in [-0.05, 0) is 37.0 Å². The number of ether oxygens (including phenoxy) is 1. The highest BCUT2D eigenvalue weighted by Gasteiger charge is 2.39. The number of anilines is 1. The monoisotopic (exact) mass is 293 g/mol. The van der Waals surface area contributed by atoms with E-state index in [4.69, 9.17) is 16.3 Å². The fourth-order valence-corrected chi connectivity index (χ4v) is 3.14. The third-order valence-corrected chi connectivity index (χ3v) is 4.61. The summed E-state index contributed by atoms with van der Waals surface area (Å²) in [7, 11) is 1.65. The lowest BCUT2D eigenvalue weighted by Gasteiger charge is -2.40. The molecule has 1 amide bonds. The topological polar surface area (TPSA) is 55.4 Å². The Morgan fingerprint density at radius 3 is 2.80 bits per heavy atom. The lowest BCUT2D eigenvalue weighted by atomic mass is 9.75. The molecule has 3 rings (SSSR count). The molecule has 1 heterocycles. The van der Waals surface area contributed by atoms with Crippen molar-refractivity contribution in [2.45, 2.75) is 37.7 Å². The van der Waals surface area contributed by atoms with Gasteiger partial charge >= 0.3 is 0 Å². The van der Waals surface area contributed by atoms with Crippen molar-refractivity contribution in [2.24, 2.45) is 0 Å². The number of amides is 1. The number of carbonyl (C=O) groups excluding carboxylic acids is 2. The van der Waals surface area contributed by atoms with Gasteiger partial charge in [0, 0.05) is 24.8 Å². The van der Waals surface area contributed by atoms with Crippen LogP contribution >= 0.6 is 11.6 Å². The van der Waals surface area contributed by atoms with Crippen molar-refractivity contribution < 1.29 is 14.3 Å². The summed E-state index contributed by atoms with van der Waals surface area (Å²) in [5.41, 5.74) is 1.72. The largest absolute Gasteiger partial charge is 0.378 e. The Bertz CT molecular complexity index is 588. The van der Waals surface area contributed by atoms with Gasteiger partial charge in [-0.25, -0.2) is 0 Å². The molecular weight excluding hydrogens is 278 g/mol. The van der Waals surface area contributed by atoms with E-state index in [9.17, 15) is 9.59 Å². The molecule has 1 aromatic carbocycles. The highest BCUT2D eigenvalue weighted by Crippen LogP contribution is 2.40. The van der Waals surface area contributed by atoms with Gasteiger partial charge in [-0.2, -0.15) is 0 Å². The molecule has 0 bridgehead atoms. The molecule has 2 aliphatic rings. The Hall–Kier alpha value is -1.39. The zero-order chi connectivity index (χ0) is 14.3. The smallest absolute Gasteiger partial charge is 0.228 e. The minimum atomic E-state index is -0.312. The lowest BCUT2D eigenvalue weighted by molar-refractivity contribution is -0.115. The van der Waals surface area contributed by atoms with Gasteiger partial charge < -0.3 is 10.1 Å². The van der Waals surface area contributed by atoms with E-state index in [0.29, 0.717) is 29.1 Å². The number of Topliss-reactive ketones (excluding diaryl/α,β-unsaturated/α-hetero) is 1. The quantitative estimate of drug-likeness (QED) is 0.868. The van der Waals surface area contributed by atoms with Crippen LogP contribution in [0.3, 0.4) is 0 Å². The Kier molecular flexibility index (Phi) is 3.30.